The molecule has 1 fully saturated rings. The van der Waals surface area contributed by atoms with Crippen LogP contribution in [0, 0.1) is 6.92 Å². The lowest BCUT2D eigenvalue weighted by atomic mass is 10.2. The highest BCUT2D eigenvalue weighted by atomic mass is 79.9. The Morgan fingerprint density at radius 3 is 2.63 bits per heavy atom. The molecule has 10 nitrogen and oxygen atoms in total. The number of amides is 4. The molecule has 0 unspecified atom stereocenters. The first-order valence-electron chi connectivity index (χ1n) is 13.6. The predicted octanol–water partition coefficient (Wildman–Crippen LogP) is 6.31. The molecule has 1 aliphatic rings. The monoisotopic (exact) mass is 686 g/mol. The SMILES string of the molecule is Cc1nc2c(OCc3c(Cl)ccc(N(C)C(=O)CNC(=O)Nc4cccc(C(=O)N5CCCC5)c4)c3Cl)cccn2c1Br. The number of imidazole rings is 1. The van der Waals surface area contributed by atoms with Crippen molar-refractivity contribution in [2.75, 3.05) is 36.9 Å². The molecule has 0 atom stereocenters. The van der Waals surface area contributed by atoms with Gasteiger partial charge in [-0.1, -0.05) is 29.3 Å². The second-order valence-corrected chi connectivity index (χ2v) is 11.6. The van der Waals surface area contributed by atoms with Gasteiger partial charge in [-0.15, -0.1) is 0 Å². The lowest BCUT2D eigenvalue weighted by molar-refractivity contribution is -0.117. The number of carbonyl (C=O) groups is 3. The van der Waals surface area contributed by atoms with Crippen LogP contribution in [0.3, 0.4) is 0 Å². The predicted molar refractivity (Wildman–Crippen MR) is 170 cm³/mol. The van der Waals surface area contributed by atoms with Gasteiger partial charge in [0.15, 0.2) is 11.4 Å². The molecular weight excluding hydrogens is 659 g/mol. The first-order chi connectivity index (χ1) is 20.6. The van der Waals surface area contributed by atoms with Crippen molar-refractivity contribution in [1.29, 1.82) is 0 Å². The van der Waals surface area contributed by atoms with Gasteiger partial charge in [0.25, 0.3) is 5.91 Å². The number of urea groups is 1. The average Bonchev–Trinajstić information content (AvgIpc) is 3.64. The molecule has 4 amide bonds. The Balaban J connectivity index is 1.20. The van der Waals surface area contributed by atoms with Crippen LogP contribution in [-0.4, -0.2) is 58.8 Å². The number of anilines is 2. The largest absolute Gasteiger partial charge is 0.485 e. The fraction of sp³-hybridized carbons (Fsp3) is 0.267. The summed E-state index contributed by atoms with van der Waals surface area (Å²) < 4.78 is 8.75. The van der Waals surface area contributed by atoms with Crippen LogP contribution in [0.25, 0.3) is 5.65 Å². The van der Waals surface area contributed by atoms with Gasteiger partial charge in [-0.25, -0.2) is 9.78 Å². The van der Waals surface area contributed by atoms with Crippen molar-refractivity contribution in [1.82, 2.24) is 19.6 Å². The normalized spacial score (nSPS) is 12.8. The van der Waals surface area contributed by atoms with E-state index in [2.05, 4.69) is 31.5 Å². The summed E-state index contributed by atoms with van der Waals surface area (Å²) in [6.07, 6.45) is 3.85. The molecule has 0 saturated carbocycles. The Labute approximate surface area is 267 Å². The fourth-order valence-electron chi connectivity index (χ4n) is 4.78. The van der Waals surface area contributed by atoms with E-state index in [1.54, 1.807) is 54.4 Å². The van der Waals surface area contributed by atoms with Crippen LogP contribution in [0.15, 0.2) is 59.3 Å². The van der Waals surface area contributed by atoms with E-state index in [1.165, 1.54) is 4.90 Å². The Kier molecular flexibility index (Phi) is 9.43. The molecule has 224 valence electrons. The second-order valence-electron chi connectivity index (χ2n) is 10.0. The number of rotatable bonds is 8. The van der Waals surface area contributed by atoms with Gasteiger partial charge in [-0.3, -0.25) is 14.0 Å². The zero-order chi connectivity index (χ0) is 30.7. The number of aromatic nitrogens is 2. The molecule has 0 spiro atoms. The number of ether oxygens (including phenoxy) is 1. The van der Waals surface area contributed by atoms with E-state index in [1.807, 2.05) is 23.6 Å². The number of aryl methyl sites for hydroxylation is 1. The minimum absolute atomic E-state index is 0.0384. The maximum Gasteiger partial charge on any atom is 0.319 e. The highest BCUT2D eigenvalue weighted by Gasteiger charge is 2.21. The quantitative estimate of drug-likeness (QED) is 0.226. The number of carbonyl (C=O) groups excluding carboxylic acids is 3. The van der Waals surface area contributed by atoms with E-state index in [-0.39, 0.29) is 24.1 Å². The van der Waals surface area contributed by atoms with E-state index in [0.29, 0.717) is 38.9 Å². The Bertz CT molecular complexity index is 1710. The van der Waals surface area contributed by atoms with Gasteiger partial charge < -0.3 is 25.2 Å². The van der Waals surface area contributed by atoms with Crippen molar-refractivity contribution in [3.8, 4) is 5.75 Å². The zero-order valence-electron chi connectivity index (χ0n) is 23.5. The molecule has 3 heterocycles. The summed E-state index contributed by atoms with van der Waals surface area (Å²) in [6.45, 7) is 3.10. The summed E-state index contributed by atoms with van der Waals surface area (Å²) >= 11 is 16.7. The van der Waals surface area contributed by atoms with Crippen LogP contribution in [0.1, 0.15) is 34.5 Å². The van der Waals surface area contributed by atoms with E-state index in [4.69, 9.17) is 27.9 Å². The van der Waals surface area contributed by atoms with Crippen LogP contribution < -0.4 is 20.3 Å². The number of nitrogens with one attached hydrogen (secondary N) is 2. The van der Waals surface area contributed by atoms with Crippen molar-refractivity contribution in [3.05, 3.63) is 86.2 Å². The van der Waals surface area contributed by atoms with Crippen molar-refractivity contribution in [2.24, 2.45) is 0 Å². The molecule has 5 rings (SSSR count). The highest BCUT2D eigenvalue weighted by Crippen LogP contribution is 2.35. The van der Waals surface area contributed by atoms with Crippen LogP contribution in [0.4, 0.5) is 16.2 Å². The van der Waals surface area contributed by atoms with Crippen LogP contribution in [0.5, 0.6) is 5.75 Å². The maximum atomic E-state index is 13.0. The molecule has 2 aromatic heterocycles. The Morgan fingerprint density at radius 2 is 1.86 bits per heavy atom. The molecule has 43 heavy (non-hydrogen) atoms. The van der Waals surface area contributed by atoms with E-state index < -0.39 is 11.9 Å². The minimum Gasteiger partial charge on any atom is -0.485 e. The van der Waals surface area contributed by atoms with Gasteiger partial charge in [0, 0.05) is 48.2 Å². The third kappa shape index (κ3) is 6.74. The summed E-state index contributed by atoms with van der Waals surface area (Å²) in [6, 6.07) is 13.0. The summed E-state index contributed by atoms with van der Waals surface area (Å²) in [7, 11) is 1.56. The lowest BCUT2D eigenvalue weighted by Crippen LogP contribution is -2.40. The number of hydrogen-bond acceptors (Lipinski definition) is 5. The molecule has 0 radical (unpaired) electrons. The number of likely N-dealkylation sites (tertiary alicyclic amines) is 1. The first kappa shape index (κ1) is 30.7. The molecular formula is C30H29BrCl2N6O4. The van der Waals surface area contributed by atoms with E-state index in [0.717, 1.165) is 36.2 Å². The van der Waals surface area contributed by atoms with Gasteiger partial charge in [0.1, 0.15) is 11.2 Å². The molecule has 2 aromatic carbocycles. The number of fused-ring (bicyclic) bond motifs is 1. The first-order valence-corrected chi connectivity index (χ1v) is 15.1. The number of pyridine rings is 1. The Hall–Kier alpha value is -3.80. The third-order valence-corrected chi connectivity index (χ3v) is 8.88. The topological polar surface area (TPSA) is 108 Å². The summed E-state index contributed by atoms with van der Waals surface area (Å²) in [5, 5.41) is 5.87. The lowest BCUT2D eigenvalue weighted by Gasteiger charge is -2.21. The molecule has 0 aliphatic carbocycles. The van der Waals surface area contributed by atoms with Gasteiger partial charge in [0.2, 0.25) is 5.91 Å². The second kappa shape index (κ2) is 13.2. The van der Waals surface area contributed by atoms with Gasteiger partial charge >= 0.3 is 6.03 Å². The number of nitrogens with zero attached hydrogens (tertiary/aromatic N) is 4. The number of likely N-dealkylation sites (N-methyl/N-ethyl adjacent to an activating group) is 1. The number of benzene rings is 2. The molecule has 13 heteroatoms. The van der Waals surface area contributed by atoms with Gasteiger partial charge in [0.05, 0.1) is 22.9 Å². The van der Waals surface area contributed by atoms with Crippen molar-refractivity contribution in [2.45, 2.75) is 26.4 Å². The minimum atomic E-state index is -0.584. The smallest absolute Gasteiger partial charge is 0.319 e. The van der Waals surface area contributed by atoms with Gasteiger partial charge in [-0.2, -0.15) is 0 Å². The molecule has 0 bridgehead atoms. The molecule has 1 saturated heterocycles. The molecule has 1 aliphatic heterocycles. The average molecular weight is 688 g/mol. The molecule has 2 N–H and O–H groups in total. The van der Waals surface area contributed by atoms with Crippen molar-refractivity contribution < 1.29 is 19.1 Å². The standard InChI is InChI=1S/C30H29BrCl2N6O4/c1-18-27(31)39-14-6-9-24(28(39)35-18)43-17-21-22(32)10-11-23(26(21)33)37(2)25(40)16-34-30(42)36-20-8-5-7-19(15-20)29(41)38-12-3-4-13-38/h5-11,14-15H,3-4,12-13,16-17H2,1-2H3,(H2,34,36,42). The van der Waals surface area contributed by atoms with Gasteiger partial charge in [-0.05, 0) is 78.2 Å². The fourth-order valence-corrected chi connectivity index (χ4v) is 5.76. The van der Waals surface area contributed by atoms with Crippen molar-refractivity contribution >= 4 is 74.0 Å². The number of hydrogen-bond donors (Lipinski definition) is 2. The summed E-state index contributed by atoms with van der Waals surface area (Å²) in [5.74, 6) is 0.0656. The van der Waals surface area contributed by atoms with Crippen LogP contribution in [0.2, 0.25) is 10.0 Å². The Morgan fingerprint density at radius 1 is 1.09 bits per heavy atom. The molecule has 4 aromatic rings. The summed E-state index contributed by atoms with van der Waals surface area (Å²) in [5.41, 5.74) is 3.30. The third-order valence-electron chi connectivity index (χ3n) is 7.15. The van der Waals surface area contributed by atoms with Crippen LogP contribution >= 0.6 is 39.1 Å². The van der Waals surface area contributed by atoms with Crippen LogP contribution in [-0.2, 0) is 11.4 Å². The highest BCUT2D eigenvalue weighted by molar-refractivity contribution is 9.10. The summed E-state index contributed by atoms with van der Waals surface area (Å²) in [4.78, 5) is 45.9. The van der Waals surface area contributed by atoms with Crippen molar-refractivity contribution in [3.63, 3.8) is 0 Å². The van der Waals surface area contributed by atoms with E-state index in [9.17, 15) is 14.4 Å². The maximum absolute atomic E-state index is 13.0. The number of halogens is 3. The van der Waals surface area contributed by atoms with E-state index >= 15 is 0 Å². The zero-order valence-corrected chi connectivity index (χ0v) is 26.6.